The van der Waals surface area contributed by atoms with E-state index in [1.165, 1.54) is 12.4 Å². The molecule has 0 atom stereocenters. The predicted molar refractivity (Wildman–Crippen MR) is 72.6 cm³/mol. The molecule has 1 amide bonds. The molecule has 0 saturated carbocycles. The van der Waals surface area contributed by atoms with Crippen LogP contribution in [0.15, 0.2) is 24.5 Å². The molecule has 0 aliphatic rings. The van der Waals surface area contributed by atoms with Crippen LogP contribution in [0.25, 0.3) is 0 Å². The number of halogens is 1. The number of carbonyl (C=O) groups is 1. The SMILES string of the molecule is Cc1ccc(NC(=O)c2cncc(Cl)n2)c(C)c1O. The normalized spacial score (nSPS) is 10.3. The smallest absolute Gasteiger partial charge is 0.275 e. The standard InChI is InChI=1S/C13H12ClN3O2/c1-7-3-4-9(8(2)12(7)18)17-13(19)10-5-15-6-11(14)16-10/h3-6,18H,1-2H3,(H,17,19). The number of rotatable bonds is 2. The summed E-state index contributed by atoms with van der Waals surface area (Å²) in [6.07, 6.45) is 2.67. The van der Waals surface area contributed by atoms with Gasteiger partial charge in [0.05, 0.1) is 12.4 Å². The second-order valence-electron chi connectivity index (χ2n) is 4.08. The molecule has 0 fully saturated rings. The molecule has 0 bridgehead atoms. The molecule has 98 valence electrons. The van der Waals surface area contributed by atoms with E-state index in [0.29, 0.717) is 11.3 Å². The maximum absolute atomic E-state index is 12.0. The first-order valence-electron chi connectivity index (χ1n) is 5.57. The van der Waals surface area contributed by atoms with Gasteiger partial charge in [0.15, 0.2) is 0 Å². The minimum Gasteiger partial charge on any atom is -0.507 e. The fourth-order valence-corrected chi connectivity index (χ4v) is 1.76. The molecule has 1 aromatic heterocycles. The fraction of sp³-hybridized carbons (Fsp3) is 0.154. The van der Waals surface area contributed by atoms with Crippen LogP contribution in [0, 0.1) is 13.8 Å². The van der Waals surface area contributed by atoms with Gasteiger partial charge in [-0.1, -0.05) is 17.7 Å². The van der Waals surface area contributed by atoms with Crippen molar-refractivity contribution in [1.29, 1.82) is 0 Å². The van der Waals surface area contributed by atoms with E-state index in [1.807, 2.05) is 0 Å². The van der Waals surface area contributed by atoms with E-state index < -0.39 is 5.91 Å². The number of phenolic OH excluding ortho intramolecular Hbond substituents is 1. The number of amides is 1. The average Bonchev–Trinajstić information content (AvgIpc) is 2.39. The highest BCUT2D eigenvalue weighted by Gasteiger charge is 2.12. The number of anilines is 1. The Morgan fingerprint density at radius 3 is 2.74 bits per heavy atom. The van der Waals surface area contributed by atoms with E-state index >= 15 is 0 Å². The lowest BCUT2D eigenvalue weighted by molar-refractivity contribution is 0.102. The summed E-state index contributed by atoms with van der Waals surface area (Å²) in [7, 11) is 0. The molecular weight excluding hydrogens is 266 g/mol. The van der Waals surface area contributed by atoms with Crippen LogP contribution in [0.5, 0.6) is 5.75 Å². The van der Waals surface area contributed by atoms with Crippen molar-refractivity contribution in [2.75, 3.05) is 5.32 Å². The number of nitrogens with zero attached hydrogens (tertiary/aromatic N) is 2. The van der Waals surface area contributed by atoms with Crippen molar-refractivity contribution in [2.45, 2.75) is 13.8 Å². The summed E-state index contributed by atoms with van der Waals surface area (Å²) >= 11 is 5.68. The molecule has 0 aliphatic carbocycles. The number of hydrogen-bond acceptors (Lipinski definition) is 4. The van der Waals surface area contributed by atoms with Crippen LogP contribution < -0.4 is 5.32 Å². The molecule has 2 rings (SSSR count). The first kappa shape index (κ1) is 13.3. The van der Waals surface area contributed by atoms with Crippen LogP contribution in [-0.2, 0) is 0 Å². The Bertz CT molecular complexity index is 644. The van der Waals surface area contributed by atoms with Crippen LogP contribution in [0.2, 0.25) is 5.15 Å². The Kier molecular flexibility index (Phi) is 3.66. The van der Waals surface area contributed by atoms with Crippen molar-refractivity contribution >= 4 is 23.2 Å². The van der Waals surface area contributed by atoms with Gasteiger partial charge >= 0.3 is 0 Å². The van der Waals surface area contributed by atoms with Crippen molar-refractivity contribution in [3.05, 3.63) is 46.5 Å². The molecular formula is C13H12ClN3O2. The molecule has 1 heterocycles. The predicted octanol–water partition coefficient (Wildman–Crippen LogP) is 2.70. The Morgan fingerprint density at radius 1 is 1.32 bits per heavy atom. The summed E-state index contributed by atoms with van der Waals surface area (Å²) in [5.41, 5.74) is 1.99. The van der Waals surface area contributed by atoms with Crippen molar-refractivity contribution in [3.8, 4) is 5.75 Å². The molecule has 0 unspecified atom stereocenters. The molecule has 2 N–H and O–H groups in total. The van der Waals surface area contributed by atoms with Crippen molar-refractivity contribution in [1.82, 2.24) is 9.97 Å². The summed E-state index contributed by atoms with van der Waals surface area (Å²) in [5.74, 6) is -0.267. The van der Waals surface area contributed by atoms with E-state index in [1.54, 1.807) is 26.0 Å². The number of aryl methyl sites for hydroxylation is 1. The topological polar surface area (TPSA) is 75.1 Å². The van der Waals surface area contributed by atoms with E-state index in [9.17, 15) is 9.90 Å². The summed E-state index contributed by atoms with van der Waals surface area (Å²) in [4.78, 5) is 19.6. The minimum absolute atomic E-state index is 0.118. The zero-order valence-electron chi connectivity index (χ0n) is 10.4. The number of hydrogen-bond donors (Lipinski definition) is 2. The van der Waals surface area contributed by atoms with Crippen LogP contribution in [0.3, 0.4) is 0 Å². The van der Waals surface area contributed by atoms with Gasteiger partial charge in [0.25, 0.3) is 5.91 Å². The third-order valence-electron chi connectivity index (χ3n) is 2.72. The lowest BCUT2D eigenvalue weighted by atomic mass is 10.1. The monoisotopic (exact) mass is 277 g/mol. The first-order valence-corrected chi connectivity index (χ1v) is 5.95. The zero-order chi connectivity index (χ0) is 14.0. The number of nitrogens with one attached hydrogen (secondary N) is 1. The highest BCUT2D eigenvalue weighted by molar-refractivity contribution is 6.29. The highest BCUT2D eigenvalue weighted by Crippen LogP contribution is 2.28. The average molecular weight is 278 g/mol. The molecule has 0 radical (unpaired) electrons. The van der Waals surface area contributed by atoms with Gasteiger partial charge in [0.2, 0.25) is 0 Å². The van der Waals surface area contributed by atoms with Gasteiger partial charge in [0.1, 0.15) is 16.6 Å². The molecule has 0 aliphatic heterocycles. The van der Waals surface area contributed by atoms with E-state index in [2.05, 4.69) is 15.3 Å². The fourth-order valence-electron chi connectivity index (χ4n) is 1.61. The van der Waals surface area contributed by atoms with Crippen LogP contribution in [0.4, 0.5) is 5.69 Å². The van der Waals surface area contributed by atoms with E-state index in [-0.39, 0.29) is 16.6 Å². The molecule has 1 aromatic carbocycles. The number of phenols is 1. The number of aromatic hydroxyl groups is 1. The summed E-state index contributed by atoms with van der Waals surface area (Å²) in [5, 5.41) is 12.6. The number of aromatic nitrogens is 2. The van der Waals surface area contributed by atoms with Crippen molar-refractivity contribution in [3.63, 3.8) is 0 Å². The van der Waals surface area contributed by atoms with Crippen LogP contribution in [0.1, 0.15) is 21.6 Å². The Hall–Kier alpha value is -2.14. The lowest BCUT2D eigenvalue weighted by Crippen LogP contribution is -2.15. The van der Waals surface area contributed by atoms with E-state index in [4.69, 9.17) is 11.6 Å². The van der Waals surface area contributed by atoms with Gasteiger partial charge in [-0.2, -0.15) is 0 Å². The third-order valence-corrected chi connectivity index (χ3v) is 2.90. The molecule has 0 saturated heterocycles. The highest BCUT2D eigenvalue weighted by atomic mass is 35.5. The zero-order valence-corrected chi connectivity index (χ0v) is 11.2. The first-order chi connectivity index (χ1) is 8.99. The molecule has 5 nitrogen and oxygen atoms in total. The van der Waals surface area contributed by atoms with Gasteiger partial charge in [-0.25, -0.2) is 4.98 Å². The maximum Gasteiger partial charge on any atom is 0.275 e. The van der Waals surface area contributed by atoms with Gasteiger partial charge in [-0.3, -0.25) is 9.78 Å². The second kappa shape index (κ2) is 5.24. The van der Waals surface area contributed by atoms with Crippen LogP contribution in [-0.4, -0.2) is 21.0 Å². The van der Waals surface area contributed by atoms with Gasteiger partial charge in [-0.15, -0.1) is 0 Å². The maximum atomic E-state index is 12.0. The minimum atomic E-state index is -0.429. The molecule has 2 aromatic rings. The quantitative estimate of drug-likeness (QED) is 0.885. The van der Waals surface area contributed by atoms with Crippen molar-refractivity contribution < 1.29 is 9.90 Å². The lowest BCUT2D eigenvalue weighted by Gasteiger charge is -2.10. The number of benzene rings is 1. The Balaban J connectivity index is 2.27. The van der Waals surface area contributed by atoms with Crippen molar-refractivity contribution in [2.24, 2.45) is 0 Å². The van der Waals surface area contributed by atoms with E-state index in [0.717, 1.165) is 5.56 Å². The van der Waals surface area contributed by atoms with Gasteiger partial charge in [-0.05, 0) is 25.5 Å². The molecule has 0 spiro atoms. The number of carbonyl (C=O) groups excluding carboxylic acids is 1. The molecule has 19 heavy (non-hydrogen) atoms. The largest absolute Gasteiger partial charge is 0.507 e. The summed E-state index contributed by atoms with van der Waals surface area (Å²) < 4.78 is 0. The van der Waals surface area contributed by atoms with Gasteiger partial charge in [0, 0.05) is 11.3 Å². The van der Waals surface area contributed by atoms with Gasteiger partial charge < -0.3 is 10.4 Å². The summed E-state index contributed by atoms with van der Waals surface area (Å²) in [6.45, 7) is 3.51. The Morgan fingerprint density at radius 2 is 2.05 bits per heavy atom. The Labute approximate surface area is 115 Å². The molecule has 6 heteroatoms. The second-order valence-corrected chi connectivity index (χ2v) is 4.47. The van der Waals surface area contributed by atoms with Crippen LogP contribution >= 0.6 is 11.6 Å². The third kappa shape index (κ3) is 2.82. The summed E-state index contributed by atoms with van der Waals surface area (Å²) in [6, 6.07) is 3.45.